The zero-order valence-electron chi connectivity index (χ0n) is 11.9. The lowest BCUT2D eigenvalue weighted by atomic mass is 10.0. The third-order valence-corrected chi connectivity index (χ3v) is 2.68. The summed E-state index contributed by atoms with van der Waals surface area (Å²) in [5, 5.41) is 19.2. The van der Waals surface area contributed by atoms with Gasteiger partial charge in [-0.3, -0.25) is 0 Å². The van der Waals surface area contributed by atoms with Crippen molar-refractivity contribution in [3.8, 4) is 0 Å². The van der Waals surface area contributed by atoms with Crippen LogP contribution < -0.4 is 0 Å². The second-order valence-corrected chi connectivity index (χ2v) is 5.76. The van der Waals surface area contributed by atoms with Gasteiger partial charge in [0.15, 0.2) is 0 Å². The molecular formula is C14H30O3. The lowest BCUT2D eigenvalue weighted by Gasteiger charge is -2.15. The molecule has 0 aromatic rings. The Morgan fingerprint density at radius 2 is 1.12 bits per heavy atom. The van der Waals surface area contributed by atoms with Gasteiger partial charge in [-0.15, -0.1) is 0 Å². The predicted molar refractivity (Wildman–Crippen MR) is 71.0 cm³/mol. The quantitative estimate of drug-likeness (QED) is 0.583. The van der Waals surface area contributed by atoms with Crippen LogP contribution in [0, 0.1) is 11.8 Å². The van der Waals surface area contributed by atoms with E-state index in [0.717, 1.165) is 12.8 Å². The topological polar surface area (TPSA) is 49.7 Å². The number of rotatable bonds is 10. The van der Waals surface area contributed by atoms with Gasteiger partial charge in [-0.05, 0) is 37.5 Å². The van der Waals surface area contributed by atoms with E-state index in [-0.39, 0.29) is 12.2 Å². The Morgan fingerprint density at radius 1 is 0.765 bits per heavy atom. The number of hydrogen-bond acceptors (Lipinski definition) is 3. The molecule has 3 nitrogen and oxygen atoms in total. The van der Waals surface area contributed by atoms with Crippen molar-refractivity contribution in [1.82, 2.24) is 0 Å². The number of ether oxygens (including phenoxy) is 1. The lowest BCUT2D eigenvalue weighted by molar-refractivity contribution is 0.0476. The first-order chi connectivity index (χ1) is 7.91. The molecule has 0 rings (SSSR count). The second kappa shape index (κ2) is 9.86. The van der Waals surface area contributed by atoms with Crippen LogP contribution in [0.5, 0.6) is 0 Å². The molecule has 0 radical (unpaired) electrons. The first kappa shape index (κ1) is 16.9. The predicted octanol–water partition coefficient (Wildman–Crippen LogP) is 2.60. The molecule has 3 heteroatoms. The molecule has 0 heterocycles. The molecule has 0 saturated heterocycles. The molecule has 2 N–H and O–H groups in total. The maximum absolute atomic E-state index is 9.62. The third-order valence-electron chi connectivity index (χ3n) is 2.68. The van der Waals surface area contributed by atoms with E-state index in [9.17, 15) is 10.2 Å². The maximum Gasteiger partial charge on any atom is 0.0564 e. The molecule has 0 aromatic carbocycles. The summed E-state index contributed by atoms with van der Waals surface area (Å²) in [6, 6.07) is 0. The highest BCUT2D eigenvalue weighted by Gasteiger charge is 2.08. The Morgan fingerprint density at radius 3 is 1.41 bits per heavy atom. The molecular weight excluding hydrogens is 216 g/mol. The SMILES string of the molecule is CC(C)CC(O)CCOCCC(O)CC(C)C. The molecule has 0 saturated carbocycles. The van der Waals surface area contributed by atoms with Gasteiger partial charge in [-0.1, -0.05) is 27.7 Å². The van der Waals surface area contributed by atoms with E-state index >= 15 is 0 Å². The second-order valence-electron chi connectivity index (χ2n) is 5.76. The molecule has 0 aliphatic rings. The normalized spacial score (nSPS) is 15.5. The van der Waals surface area contributed by atoms with Gasteiger partial charge in [-0.2, -0.15) is 0 Å². The summed E-state index contributed by atoms with van der Waals surface area (Å²) in [5.74, 6) is 1.05. The summed E-state index contributed by atoms with van der Waals surface area (Å²) in [5.41, 5.74) is 0. The lowest BCUT2D eigenvalue weighted by Crippen LogP contribution is -2.16. The largest absolute Gasteiger partial charge is 0.393 e. The molecule has 2 unspecified atom stereocenters. The molecule has 2 atom stereocenters. The van der Waals surface area contributed by atoms with Crippen molar-refractivity contribution >= 4 is 0 Å². The summed E-state index contributed by atoms with van der Waals surface area (Å²) in [4.78, 5) is 0. The Labute approximate surface area is 106 Å². The standard InChI is InChI=1S/C14H30O3/c1-11(2)9-13(15)5-7-17-8-6-14(16)10-12(3)4/h11-16H,5-10H2,1-4H3. The minimum atomic E-state index is -0.254. The number of aliphatic hydroxyl groups excluding tert-OH is 2. The number of aliphatic hydroxyl groups is 2. The highest BCUT2D eigenvalue weighted by Crippen LogP contribution is 2.09. The molecule has 17 heavy (non-hydrogen) atoms. The zero-order chi connectivity index (χ0) is 13.3. The maximum atomic E-state index is 9.62. The molecule has 104 valence electrons. The Bertz CT molecular complexity index is 151. The van der Waals surface area contributed by atoms with Gasteiger partial charge in [0.05, 0.1) is 12.2 Å². The monoisotopic (exact) mass is 246 g/mol. The fourth-order valence-corrected chi connectivity index (χ4v) is 1.86. The van der Waals surface area contributed by atoms with E-state index in [1.807, 2.05) is 0 Å². The van der Waals surface area contributed by atoms with Gasteiger partial charge < -0.3 is 14.9 Å². The summed E-state index contributed by atoms with van der Waals surface area (Å²) in [6.45, 7) is 9.59. The van der Waals surface area contributed by atoms with Crippen molar-refractivity contribution in [2.45, 2.75) is 65.6 Å². The van der Waals surface area contributed by atoms with Crippen LogP contribution in [-0.4, -0.2) is 35.6 Å². The van der Waals surface area contributed by atoms with Crippen LogP contribution >= 0.6 is 0 Å². The van der Waals surface area contributed by atoms with E-state index in [1.165, 1.54) is 0 Å². The van der Waals surface area contributed by atoms with Crippen LogP contribution in [-0.2, 0) is 4.74 Å². The van der Waals surface area contributed by atoms with Crippen LogP contribution in [0.1, 0.15) is 53.4 Å². The smallest absolute Gasteiger partial charge is 0.0564 e. The van der Waals surface area contributed by atoms with Gasteiger partial charge in [0.2, 0.25) is 0 Å². The van der Waals surface area contributed by atoms with Crippen LogP contribution in [0.4, 0.5) is 0 Å². The highest BCUT2D eigenvalue weighted by molar-refractivity contribution is 4.59. The highest BCUT2D eigenvalue weighted by atomic mass is 16.5. The minimum absolute atomic E-state index is 0.254. The van der Waals surface area contributed by atoms with E-state index in [1.54, 1.807) is 0 Å². The Hall–Kier alpha value is -0.120. The van der Waals surface area contributed by atoms with Crippen molar-refractivity contribution in [1.29, 1.82) is 0 Å². The Balaban J connectivity index is 3.34. The van der Waals surface area contributed by atoms with Gasteiger partial charge in [0.1, 0.15) is 0 Å². The summed E-state index contributed by atoms with van der Waals surface area (Å²) in [6.07, 6.45) is 2.54. The summed E-state index contributed by atoms with van der Waals surface area (Å²) < 4.78 is 5.42. The van der Waals surface area contributed by atoms with E-state index in [2.05, 4.69) is 27.7 Å². The van der Waals surface area contributed by atoms with Crippen LogP contribution in [0.15, 0.2) is 0 Å². The van der Waals surface area contributed by atoms with Crippen molar-refractivity contribution in [3.63, 3.8) is 0 Å². The van der Waals surface area contributed by atoms with E-state index < -0.39 is 0 Å². The molecule has 0 spiro atoms. The van der Waals surface area contributed by atoms with Crippen molar-refractivity contribution < 1.29 is 14.9 Å². The van der Waals surface area contributed by atoms with E-state index in [0.29, 0.717) is 37.9 Å². The van der Waals surface area contributed by atoms with Crippen LogP contribution in [0.3, 0.4) is 0 Å². The van der Waals surface area contributed by atoms with Crippen molar-refractivity contribution in [2.24, 2.45) is 11.8 Å². The Kier molecular flexibility index (Phi) is 9.79. The minimum Gasteiger partial charge on any atom is -0.393 e. The van der Waals surface area contributed by atoms with Crippen LogP contribution in [0.2, 0.25) is 0 Å². The van der Waals surface area contributed by atoms with Crippen molar-refractivity contribution in [2.75, 3.05) is 13.2 Å². The molecule has 0 aliphatic heterocycles. The fourth-order valence-electron chi connectivity index (χ4n) is 1.86. The van der Waals surface area contributed by atoms with E-state index in [4.69, 9.17) is 4.74 Å². The molecule has 0 amide bonds. The van der Waals surface area contributed by atoms with Gasteiger partial charge in [0.25, 0.3) is 0 Å². The first-order valence-electron chi connectivity index (χ1n) is 6.85. The first-order valence-corrected chi connectivity index (χ1v) is 6.85. The summed E-state index contributed by atoms with van der Waals surface area (Å²) >= 11 is 0. The third kappa shape index (κ3) is 12.1. The molecule has 0 aromatic heterocycles. The van der Waals surface area contributed by atoms with Crippen LogP contribution in [0.25, 0.3) is 0 Å². The fraction of sp³-hybridized carbons (Fsp3) is 1.00. The average Bonchev–Trinajstić information content (AvgIpc) is 2.14. The number of hydrogen-bond donors (Lipinski definition) is 2. The van der Waals surface area contributed by atoms with Gasteiger partial charge >= 0.3 is 0 Å². The van der Waals surface area contributed by atoms with Crippen molar-refractivity contribution in [3.05, 3.63) is 0 Å². The summed E-state index contributed by atoms with van der Waals surface area (Å²) in [7, 11) is 0. The molecule has 0 fully saturated rings. The molecule has 0 aliphatic carbocycles. The van der Waals surface area contributed by atoms with Gasteiger partial charge in [0, 0.05) is 13.2 Å². The molecule has 0 bridgehead atoms. The average molecular weight is 246 g/mol. The van der Waals surface area contributed by atoms with Gasteiger partial charge in [-0.25, -0.2) is 0 Å². The zero-order valence-corrected chi connectivity index (χ0v) is 11.9.